The van der Waals surface area contributed by atoms with Crippen molar-refractivity contribution in [3.8, 4) is 5.75 Å². The number of piperidine rings is 1. The molecule has 1 aliphatic rings. The van der Waals surface area contributed by atoms with Gasteiger partial charge in [-0.3, -0.25) is 4.79 Å². The summed E-state index contributed by atoms with van der Waals surface area (Å²) in [5.74, 6) is 0.193. The average Bonchev–Trinajstić information content (AvgIpc) is 2.41. The maximum absolute atomic E-state index is 12.4. The number of phenols is 1. The topological polar surface area (TPSA) is 49.8 Å². The maximum atomic E-state index is 12.4. The largest absolute Gasteiger partial charge is 0.507 e. The number of rotatable bonds is 2. The second kappa shape index (κ2) is 5.80. The summed E-state index contributed by atoms with van der Waals surface area (Å²) in [5, 5.41) is 10.2. The molecule has 1 aromatic rings. The zero-order valence-corrected chi connectivity index (χ0v) is 11.9. The SMILES string of the molecule is COC1CN(C(=O)c2cc(Cl)ccc2O)CCC1C. The van der Waals surface area contributed by atoms with Crippen molar-refractivity contribution < 1.29 is 14.6 Å². The highest BCUT2D eigenvalue weighted by Crippen LogP contribution is 2.26. The summed E-state index contributed by atoms with van der Waals surface area (Å²) in [6.07, 6.45) is 0.935. The smallest absolute Gasteiger partial charge is 0.257 e. The van der Waals surface area contributed by atoms with Crippen LogP contribution in [0.4, 0.5) is 0 Å². The molecule has 1 aromatic carbocycles. The van der Waals surface area contributed by atoms with Gasteiger partial charge in [0, 0.05) is 25.2 Å². The number of phenolic OH excluding ortho intramolecular Hbond substituents is 1. The van der Waals surface area contributed by atoms with Crippen LogP contribution in [0.2, 0.25) is 5.02 Å². The van der Waals surface area contributed by atoms with Crippen LogP contribution in [0.1, 0.15) is 23.7 Å². The molecule has 2 atom stereocenters. The molecular weight excluding hydrogens is 266 g/mol. The van der Waals surface area contributed by atoms with Gasteiger partial charge in [0.15, 0.2) is 0 Å². The second-order valence-electron chi connectivity index (χ2n) is 4.95. The van der Waals surface area contributed by atoms with Gasteiger partial charge in [-0.1, -0.05) is 18.5 Å². The predicted octanol–water partition coefficient (Wildman–Crippen LogP) is 2.54. The van der Waals surface area contributed by atoms with E-state index in [0.29, 0.717) is 24.0 Å². The van der Waals surface area contributed by atoms with E-state index in [0.717, 1.165) is 6.42 Å². The van der Waals surface area contributed by atoms with Crippen molar-refractivity contribution in [2.75, 3.05) is 20.2 Å². The van der Waals surface area contributed by atoms with Crippen LogP contribution in [-0.4, -0.2) is 42.2 Å². The summed E-state index contributed by atoms with van der Waals surface area (Å²) in [6, 6.07) is 4.50. The van der Waals surface area contributed by atoms with Gasteiger partial charge in [-0.05, 0) is 30.5 Å². The fraction of sp³-hybridized carbons (Fsp3) is 0.500. The average molecular weight is 284 g/mol. The van der Waals surface area contributed by atoms with Crippen molar-refractivity contribution in [1.82, 2.24) is 4.90 Å². The Balaban J connectivity index is 2.18. The Morgan fingerprint density at radius 3 is 2.95 bits per heavy atom. The number of hydrogen-bond donors (Lipinski definition) is 1. The van der Waals surface area contributed by atoms with E-state index >= 15 is 0 Å². The summed E-state index contributed by atoms with van der Waals surface area (Å²) in [7, 11) is 1.66. The lowest BCUT2D eigenvalue weighted by atomic mass is 9.95. The molecule has 0 aliphatic carbocycles. The van der Waals surface area contributed by atoms with Gasteiger partial charge in [-0.15, -0.1) is 0 Å². The van der Waals surface area contributed by atoms with Gasteiger partial charge in [0.05, 0.1) is 11.7 Å². The number of carbonyl (C=O) groups excluding carboxylic acids is 1. The Morgan fingerprint density at radius 2 is 2.26 bits per heavy atom. The molecule has 2 rings (SSSR count). The second-order valence-corrected chi connectivity index (χ2v) is 5.39. The number of benzene rings is 1. The molecule has 4 nitrogen and oxygen atoms in total. The van der Waals surface area contributed by atoms with Crippen molar-refractivity contribution in [1.29, 1.82) is 0 Å². The first-order valence-corrected chi connectivity index (χ1v) is 6.71. The molecular formula is C14H18ClNO3. The van der Waals surface area contributed by atoms with E-state index in [9.17, 15) is 9.90 Å². The molecule has 104 valence electrons. The van der Waals surface area contributed by atoms with E-state index in [4.69, 9.17) is 16.3 Å². The number of ether oxygens (including phenoxy) is 1. The quantitative estimate of drug-likeness (QED) is 0.907. The first-order valence-electron chi connectivity index (χ1n) is 6.33. The Bertz CT molecular complexity index is 478. The van der Waals surface area contributed by atoms with E-state index in [1.165, 1.54) is 12.1 Å². The van der Waals surface area contributed by atoms with Crippen LogP contribution in [0.25, 0.3) is 0 Å². The summed E-state index contributed by atoms with van der Waals surface area (Å²) in [4.78, 5) is 14.1. The third-order valence-electron chi connectivity index (χ3n) is 3.67. The van der Waals surface area contributed by atoms with Gasteiger partial charge < -0.3 is 14.7 Å². The molecule has 1 amide bonds. The van der Waals surface area contributed by atoms with Gasteiger partial charge >= 0.3 is 0 Å². The van der Waals surface area contributed by atoms with Gasteiger partial charge in [0.2, 0.25) is 0 Å². The summed E-state index contributed by atoms with van der Waals surface area (Å²) < 4.78 is 5.39. The van der Waals surface area contributed by atoms with Crippen molar-refractivity contribution in [2.45, 2.75) is 19.4 Å². The lowest BCUT2D eigenvalue weighted by molar-refractivity contribution is -0.00165. The van der Waals surface area contributed by atoms with Crippen molar-refractivity contribution in [3.05, 3.63) is 28.8 Å². The number of likely N-dealkylation sites (tertiary alicyclic amines) is 1. The summed E-state index contributed by atoms with van der Waals surface area (Å²) in [6.45, 7) is 3.33. The van der Waals surface area contributed by atoms with Crippen molar-refractivity contribution in [2.24, 2.45) is 5.92 Å². The summed E-state index contributed by atoms with van der Waals surface area (Å²) >= 11 is 5.87. The third kappa shape index (κ3) is 3.01. The zero-order valence-electron chi connectivity index (χ0n) is 11.1. The molecule has 1 saturated heterocycles. The van der Waals surface area contributed by atoms with Gasteiger partial charge in [-0.25, -0.2) is 0 Å². The van der Waals surface area contributed by atoms with Crippen LogP contribution in [0.3, 0.4) is 0 Å². The molecule has 1 fully saturated rings. The standard InChI is InChI=1S/C14H18ClNO3/c1-9-5-6-16(8-13(9)19-2)14(18)11-7-10(15)3-4-12(11)17/h3-4,7,9,13,17H,5-6,8H2,1-2H3. The number of carbonyl (C=O) groups is 1. The molecule has 19 heavy (non-hydrogen) atoms. The molecule has 0 radical (unpaired) electrons. The highest BCUT2D eigenvalue weighted by atomic mass is 35.5. The molecule has 0 spiro atoms. The minimum atomic E-state index is -0.200. The van der Waals surface area contributed by atoms with Crippen LogP contribution in [0.15, 0.2) is 18.2 Å². The van der Waals surface area contributed by atoms with E-state index < -0.39 is 0 Å². The van der Waals surface area contributed by atoms with Gasteiger partial charge in [0.25, 0.3) is 5.91 Å². The highest BCUT2D eigenvalue weighted by Gasteiger charge is 2.30. The number of hydrogen-bond acceptors (Lipinski definition) is 3. The highest BCUT2D eigenvalue weighted by molar-refractivity contribution is 6.31. The minimum Gasteiger partial charge on any atom is -0.507 e. The minimum absolute atomic E-state index is 0.0398. The third-order valence-corrected chi connectivity index (χ3v) is 3.90. The van der Waals surface area contributed by atoms with E-state index in [1.807, 2.05) is 0 Å². The molecule has 1 heterocycles. The first-order chi connectivity index (χ1) is 9.02. The Morgan fingerprint density at radius 1 is 1.53 bits per heavy atom. The number of amides is 1. The van der Waals surface area contributed by atoms with Crippen molar-refractivity contribution >= 4 is 17.5 Å². The Kier molecular flexibility index (Phi) is 4.32. The molecule has 2 unspecified atom stereocenters. The molecule has 5 heteroatoms. The fourth-order valence-electron chi connectivity index (χ4n) is 2.38. The van der Waals surface area contributed by atoms with Crippen molar-refractivity contribution in [3.63, 3.8) is 0 Å². The molecule has 0 saturated carbocycles. The van der Waals surface area contributed by atoms with Crippen LogP contribution >= 0.6 is 11.6 Å². The van der Waals surface area contributed by atoms with Crippen LogP contribution in [0.5, 0.6) is 5.75 Å². The van der Waals surface area contributed by atoms with Gasteiger partial charge in [0.1, 0.15) is 5.75 Å². The predicted molar refractivity (Wildman–Crippen MR) is 73.6 cm³/mol. The van der Waals surface area contributed by atoms with Crippen LogP contribution < -0.4 is 0 Å². The number of halogens is 1. The number of nitrogens with zero attached hydrogens (tertiary/aromatic N) is 1. The summed E-state index contributed by atoms with van der Waals surface area (Å²) in [5.41, 5.74) is 0.247. The van der Waals surface area contributed by atoms with E-state index in [1.54, 1.807) is 18.1 Å². The van der Waals surface area contributed by atoms with Crippen LogP contribution in [-0.2, 0) is 4.74 Å². The van der Waals surface area contributed by atoms with E-state index in [-0.39, 0.29) is 23.3 Å². The maximum Gasteiger partial charge on any atom is 0.257 e. The number of aromatic hydroxyl groups is 1. The normalized spacial score (nSPS) is 23.4. The zero-order chi connectivity index (χ0) is 14.0. The van der Waals surface area contributed by atoms with E-state index in [2.05, 4.69) is 6.92 Å². The molecule has 1 aliphatic heterocycles. The Labute approximate surface area is 117 Å². The van der Waals surface area contributed by atoms with Gasteiger partial charge in [-0.2, -0.15) is 0 Å². The lowest BCUT2D eigenvalue weighted by Gasteiger charge is -2.36. The van der Waals surface area contributed by atoms with Crippen LogP contribution in [0, 0.1) is 5.92 Å². The molecule has 1 N–H and O–H groups in total. The molecule has 0 aromatic heterocycles. The lowest BCUT2D eigenvalue weighted by Crippen LogP contribution is -2.46. The molecule has 0 bridgehead atoms. The monoisotopic (exact) mass is 283 g/mol. The first kappa shape index (κ1) is 14.2. The fourth-order valence-corrected chi connectivity index (χ4v) is 2.55. The Hall–Kier alpha value is -1.26. The number of methoxy groups -OCH3 is 1.